The van der Waals surface area contributed by atoms with Gasteiger partial charge in [-0.2, -0.15) is 4.98 Å². The molecule has 3 aromatic heterocycles. The Kier molecular flexibility index (Phi) is 4.02. The smallest absolute Gasteiger partial charge is 0.332 e. The van der Waals surface area contributed by atoms with Crippen LogP contribution in [0.2, 0.25) is 0 Å². The van der Waals surface area contributed by atoms with Gasteiger partial charge in [0.15, 0.2) is 11.2 Å². The van der Waals surface area contributed by atoms with Crippen LogP contribution in [0.3, 0.4) is 0 Å². The zero-order chi connectivity index (χ0) is 17.4. The maximum Gasteiger partial charge on any atom is 0.332 e. The van der Waals surface area contributed by atoms with Crippen LogP contribution in [-0.2, 0) is 27.2 Å². The molecule has 0 aliphatic heterocycles. The van der Waals surface area contributed by atoms with Crippen molar-refractivity contribution in [2.45, 2.75) is 26.1 Å². The minimum Gasteiger partial charge on any atom is -0.467 e. The van der Waals surface area contributed by atoms with E-state index in [1.807, 2.05) is 6.07 Å². The second-order valence-corrected chi connectivity index (χ2v) is 5.71. The van der Waals surface area contributed by atoms with Crippen LogP contribution < -0.4 is 16.6 Å². The number of imidazole rings is 1. The summed E-state index contributed by atoms with van der Waals surface area (Å²) in [5, 5.41) is 12.9. The lowest BCUT2D eigenvalue weighted by molar-refractivity contribution is 0.175. The Labute approximate surface area is 136 Å². The number of rotatable bonds is 5. The summed E-state index contributed by atoms with van der Waals surface area (Å²) in [5.74, 6) is 1.09. The number of furan rings is 1. The van der Waals surface area contributed by atoms with E-state index in [0.29, 0.717) is 18.3 Å². The Morgan fingerprint density at radius 3 is 2.71 bits per heavy atom. The second-order valence-electron chi connectivity index (χ2n) is 5.71. The van der Waals surface area contributed by atoms with Gasteiger partial charge in [-0.05, 0) is 19.1 Å². The number of aliphatic hydroxyl groups excluding tert-OH is 1. The first-order chi connectivity index (χ1) is 11.4. The van der Waals surface area contributed by atoms with E-state index < -0.39 is 17.4 Å². The predicted octanol–water partition coefficient (Wildman–Crippen LogP) is 0.0196. The highest BCUT2D eigenvalue weighted by Gasteiger charge is 2.20. The van der Waals surface area contributed by atoms with Crippen molar-refractivity contribution in [2.24, 2.45) is 14.1 Å². The van der Waals surface area contributed by atoms with Gasteiger partial charge >= 0.3 is 5.69 Å². The molecule has 2 N–H and O–H groups in total. The highest BCUT2D eigenvalue weighted by Crippen LogP contribution is 2.17. The normalized spacial score (nSPS) is 12.7. The maximum absolute atomic E-state index is 12.5. The summed E-state index contributed by atoms with van der Waals surface area (Å²) in [6.45, 7) is 2.16. The summed E-state index contributed by atoms with van der Waals surface area (Å²) in [6.07, 6.45) is 0.878. The van der Waals surface area contributed by atoms with Crippen molar-refractivity contribution in [3.63, 3.8) is 0 Å². The van der Waals surface area contributed by atoms with E-state index >= 15 is 0 Å². The monoisotopic (exact) mass is 333 g/mol. The lowest BCUT2D eigenvalue weighted by atomic mass is 10.4. The lowest BCUT2D eigenvalue weighted by Crippen LogP contribution is -2.37. The third-order valence-corrected chi connectivity index (χ3v) is 3.80. The minimum atomic E-state index is -0.687. The van der Waals surface area contributed by atoms with Crippen LogP contribution in [-0.4, -0.2) is 29.9 Å². The number of fused-ring (bicyclic) bond motifs is 1. The standard InChI is InChI=1S/C15H19N5O4/c1-9(21)8-20-11-12(18(2)15(23)19(3)13(11)22)17-14(20)16-7-10-5-4-6-24-10/h4-6,9,21H,7-8H2,1-3H3,(H,16,17). The van der Waals surface area contributed by atoms with E-state index in [1.165, 1.54) is 11.6 Å². The highest BCUT2D eigenvalue weighted by atomic mass is 16.3. The molecular weight excluding hydrogens is 314 g/mol. The first kappa shape index (κ1) is 16.1. The quantitative estimate of drug-likeness (QED) is 0.682. The van der Waals surface area contributed by atoms with Gasteiger partial charge in [-0.1, -0.05) is 0 Å². The van der Waals surface area contributed by atoms with Crippen molar-refractivity contribution in [2.75, 3.05) is 5.32 Å². The number of anilines is 1. The Balaban J connectivity index is 2.17. The van der Waals surface area contributed by atoms with E-state index in [4.69, 9.17) is 4.42 Å². The Bertz CT molecular complexity index is 978. The van der Waals surface area contributed by atoms with Crippen LogP contribution in [0.25, 0.3) is 11.2 Å². The van der Waals surface area contributed by atoms with E-state index in [2.05, 4.69) is 10.3 Å². The molecule has 0 saturated carbocycles. The molecule has 0 bridgehead atoms. The van der Waals surface area contributed by atoms with E-state index in [-0.39, 0.29) is 17.7 Å². The van der Waals surface area contributed by atoms with Crippen molar-refractivity contribution in [1.29, 1.82) is 0 Å². The third-order valence-electron chi connectivity index (χ3n) is 3.80. The molecule has 1 unspecified atom stereocenters. The average Bonchev–Trinajstić information content (AvgIpc) is 3.16. The van der Waals surface area contributed by atoms with Gasteiger partial charge in [0.1, 0.15) is 5.76 Å². The van der Waals surface area contributed by atoms with Crippen LogP contribution >= 0.6 is 0 Å². The number of aromatic nitrogens is 4. The molecule has 3 aromatic rings. The van der Waals surface area contributed by atoms with Crippen molar-refractivity contribution in [3.8, 4) is 0 Å². The largest absolute Gasteiger partial charge is 0.467 e. The second kappa shape index (κ2) is 6.00. The maximum atomic E-state index is 12.5. The van der Waals surface area contributed by atoms with Crippen LogP contribution in [0.1, 0.15) is 12.7 Å². The summed E-state index contributed by atoms with van der Waals surface area (Å²) < 4.78 is 9.19. The summed E-state index contributed by atoms with van der Waals surface area (Å²) in [7, 11) is 2.97. The summed E-state index contributed by atoms with van der Waals surface area (Å²) >= 11 is 0. The van der Waals surface area contributed by atoms with Crippen LogP contribution in [0, 0.1) is 0 Å². The molecule has 0 spiro atoms. The molecule has 0 radical (unpaired) electrons. The van der Waals surface area contributed by atoms with Crippen molar-refractivity contribution in [1.82, 2.24) is 18.7 Å². The molecule has 0 amide bonds. The summed E-state index contributed by atoms with van der Waals surface area (Å²) in [5.41, 5.74) is -0.368. The van der Waals surface area contributed by atoms with Gasteiger partial charge in [-0.3, -0.25) is 13.9 Å². The molecule has 0 aromatic carbocycles. The van der Waals surface area contributed by atoms with Gasteiger partial charge in [0.25, 0.3) is 5.56 Å². The molecule has 0 aliphatic rings. The Morgan fingerprint density at radius 1 is 1.33 bits per heavy atom. The fraction of sp³-hybridized carbons (Fsp3) is 0.400. The molecule has 9 heteroatoms. The number of nitrogens with one attached hydrogen (secondary N) is 1. The Morgan fingerprint density at radius 2 is 2.08 bits per heavy atom. The summed E-state index contributed by atoms with van der Waals surface area (Å²) in [6, 6.07) is 3.58. The molecule has 3 rings (SSSR count). The van der Waals surface area contributed by atoms with Crippen LogP contribution in [0.4, 0.5) is 5.95 Å². The topological polar surface area (TPSA) is 107 Å². The van der Waals surface area contributed by atoms with Gasteiger partial charge < -0.3 is 19.4 Å². The van der Waals surface area contributed by atoms with Crippen LogP contribution in [0.15, 0.2) is 32.4 Å². The van der Waals surface area contributed by atoms with Gasteiger partial charge in [-0.25, -0.2) is 4.79 Å². The van der Waals surface area contributed by atoms with E-state index in [0.717, 1.165) is 4.57 Å². The van der Waals surface area contributed by atoms with Crippen molar-refractivity contribution in [3.05, 3.63) is 45.0 Å². The first-order valence-electron chi connectivity index (χ1n) is 7.50. The lowest BCUT2D eigenvalue weighted by Gasteiger charge is -2.11. The number of hydrogen-bond donors (Lipinski definition) is 2. The van der Waals surface area contributed by atoms with Gasteiger partial charge in [-0.15, -0.1) is 0 Å². The molecule has 0 fully saturated rings. The highest BCUT2D eigenvalue weighted by molar-refractivity contribution is 5.74. The molecule has 3 heterocycles. The molecule has 24 heavy (non-hydrogen) atoms. The van der Waals surface area contributed by atoms with Gasteiger partial charge in [0.2, 0.25) is 5.95 Å². The molecular formula is C15H19N5O4. The molecule has 128 valence electrons. The molecule has 9 nitrogen and oxygen atoms in total. The number of aliphatic hydroxyl groups is 1. The fourth-order valence-corrected chi connectivity index (χ4v) is 2.60. The third kappa shape index (κ3) is 2.62. The Hall–Kier alpha value is -2.81. The zero-order valence-electron chi connectivity index (χ0n) is 13.7. The van der Waals surface area contributed by atoms with Crippen molar-refractivity contribution >= 4 is 17.1 Å². The number of hydrogen-bond acceptors (Lipinski definition) is 6. The molecule has 0 aliphatic carbocycles. The zero-order valence-corrected chi connectivity index (χ0v) is 13.7. The van der Waals surface area contributed by atoms with E-state index in [9.17, 15) is 14.7 Å². The first-order valence-corrected chi connectivity index (χ1v) is 7.50. The fourth-order valence-electron chi connectivity index (χ4n) is 2.60. The van der Waals surface area contributed by atoms with Gasteiger partial charge in [0, 0.05) is 14.1 Å². The van der Waals surface area contributed by atoms with Gasteiger partial charge in [0.05, 0.1) is 25.5 Å². The van der Waals surface area contributed by atoms with Crippen LogP contribution in [0.5, 0.6) is 0 Å². The predicted molar refractivity (Wildman–Crippen MR) is 87.9 cm³/mol. The summed E-state index contributed by atoms with van der Waals surface area (Å²) in [4.78, 5) is 29.0. The molecule has 1 atom stereocenters. The molecule has 0 saturated heterocycles. The van der Waals surface area contributed by atoms with E-state index in [1.54, 1.807) is 30.9 Å². The number of aryl methyl sites for hydroxylation is 1. The number of nitrogens with zero attached hydrogens (tertiary/aromatic N) is 4. The SMILES string of the molecule is CC(O)Cn1c(NCc2ccco2)nc2c1c(=O)n(C)c(=O)n2C. The minimum absolute atomic E-state index is 0.171. The van der Waals surface area contributed by atoms with Crippen molar-refractivity contribution < 1.29 is 9.52 Å². The average molecular weight is 333 g/mol.